The van der Waals surface area contributed by atoms with Crippen LogP contribution >= 0.6 is 11.8 Å². The molecule has 3 heteroatoms. The number of hydrogen-bond acceptors (Lipinski definition) is 3. The maximum absolute atomic E-state index is 9.24. The largest absolute Gasteiger partial charge is 0.250 e. The fraction of sp³-hybridized carbons (Fsp3) is 0.538. The average Bonchev–Trinajstić information content (AvgIpc) is 2.38. The second kappa shape index (κ2) is 5.91. The summed E-state index contributed by atoms with van der Waals surface area (Å²) in [5.74, 6) is 0.561. The topological polar surface area (TPSA) is 36.7 Å². The van der Waals surface area contributed by atoms with Crippen molar-refractivity contribution in [2.75, 3.05) is 0 Å². The Balaban J connectivity index is 1.98. The molecule has 0 aromatic carbocycles. The lowest BCUT2D eigenvalue weighted by atomic mass is 9.87. The van der Waals surface area contributed by atoms with Crippen molar-refractivity contribution in [1.29, 1.82) is 5.26 Å². The number of nitrogens with zero attached hydrogens (tertiary/aromatic N) is 2. The first-order valence-corrected chi connectivity index (χ1v) is 6.75. The molecule has 1 heterocycles. The molecule has 0 spiro atoms. The molecule has 1 aliphatic rings. The fourth-order valence-electron chi connectivity index (χ4n) is 2.21. The van der Waals surface area contributed by atoms with Crippen LogP contribution in [0.5, 0.6) is 0 Å². The molecule has 0 aliphatic heterocycles. The summed E-state index contributed by atoms with van der Waals surface area (Å²) in [5.41, 5.74) is 0. The van der Waals surface area contributed by atoms with E-state index in [9.17, 15) is 5.26 Å². The standard InChI is InChI=1S/C13H16N2S/c14-10-12(11-6-2-1-3-7-11)16-13-8-4-5-9-15-13/h4-5,8-9,11-12H,1-3,6-7H2. The Morgan fingerprint density at radius 1 is 1.31 bits per heavy atom. The minimum atomic E-state index is 0.0789. The summed E-state index contributed by atoms with van der Waals surface area (Å²) in [6, 6.07) is 8.31. The van der Waals surface area contributed by atoms with Crippen LogP contribution in [0.4, 0.5) is 0 Å². The van der Waals surface area contributed by atoms with E-state index in [4.69, 9.17) is 0 Å². The lowest BCUT2D eigenvalue weighted by Crippen LogP contribution is -2.18. The van der Waals surface area contributed by atoms with Gasteiger partial charge in [-0.25, -0.2) is 4.98 Å². The second-order valence-corrected chi connectivity index (χ2v) is 5.40. The molecule has 1 unspecified atom stereocenters. The molecule has 84 valence electrons. The number of aromatic nitrogens is 1. The van der Waals surface area contributed by atoms with Crippen LogP contribution in [0.1, 0.15) is 32.1 Å². The minimum Gasteiger partial charge on any atom is -0.250 e. The number of nitriles is 1. The van der Waals surface area contributed by atoms with Crippen LogP contribution in [-0.2, 0) is 0 Å². The Kier molecular flexibility index (Phi) is 4.24. The molecular weight excluding hydrogens is 216 g/mol. The van der Waals surface area contributed by atoms with Gasteiger partial charge in [0.05, 0.1) is 11.1 Å². The first-order chi connectivity index (χ1) is 7.90. The van der Waals surface area contributed by atoms with Gasteiger partial charge < -0.3 is 0 Å². The number of pyridine rings is 1. The van der Waals surface area contributed by atoms with Crippen molar-refractivity contribution in [2.45, 2.75) is 42.4 Å². The van der Waals surface area contributed by atoms with Crippen LogP contribution in [0.3, 0.4) is 0 Å². The molecule has 0 saturated heterocycles. The molecule has 1 saturated carbocycles. The van der Waals surface area contributed by atoms with Gasteiger partial charge in [0.25, 0.3) is 0 Å². The molecule has 1 atom stereocenters. The van der Waals surface area contributed by atoms with Gasteiger partial charge in [0.2, 0.25) is 0 Å². The molecule has 16 heavy (non-hydrogen) atoms. The zero-order chi connectivity index (χ0) is 11.2. The van der Waals surface area contributed by atoms with Gasteiger partial charge in [-0.15, -0.1) is 0 Å². The van der Waals surface area contributed by atoms with Gasteiger partial charge in [-0.1, -0.05) is 37.1 Å². The lowest BCUT2D eigenvalue weighted by molar-refractivity contribution is 0.370. The minimum absolute atomic E-state index is 0.0789. The summed E-state index contributed by atoms with van der Waals surface area (Å²) in [6.45, 7) is 0. The molecule has 1 fully saturated rings. The van der Waals surface area contributed by atoms with Crippen molar-refractivity contribution < 1.29 is 0 Å². The second-order valence-electron chi connectivity index (χ2n) is 4.23. The van der Waals surface area contributed by atoms with Gasteiger partial charge in [-0.2, -0.15) is 5.26 Å². The van der Waals surface area contributed by atoms with E-state index in [0.717, 1.165) is 5.03 Å². The van der Waals surface area contributed by atoms with E-state index in [-0.39, 0.29) is 5.25 Å². The van der Waals surface area contributed by atoms with Crippen LogP contribution in [0.15, 0.2) is 29.4 Å². The van der Waals surface area contributed by atoms with Crippen LogP contribution < -0.4 is 0 Å². The molecule has 0 N–H and O–H groups in total. The van der Waals surface area contributed by atoms with Gasteiger partial charge in [-0.3, -0.25) is 0 Å². The molecule has 2 rings (SSSR count). The summed E-state index contributed by atoms with van der Waals surface area (Å²) >= 11 is 1.62. The van der Waals surface area contributed by atoms with Crippen molar-refractivity contribution in [3.05, 3.63) is 24.4 Å². The molecule has 1 aromatic rings. The Hall–Kier alpha value is -1.01. The average molecular weight is 232 g/mol. The molecule has 0 bridgehead atoms. The molecule has 1 aromatic heterocycles. The number of rotatable bonds is 3. The third kappa shape index (κ3) is 2.99. The quantitative estimate of drug-likeness (QED) is 0.746. The predicted molar refractivity (Wildman–Crippen MR) is 66.1 cm³/mol. The number of hydrogen-bond donors (Lipinski definition) is 0. The molecule has 0 radical (unpaired) electrons. The molecule has 2 nitrogen and oxygen atoms in total. The van der Waals surface area contributed by atoms with Crippen LogP contribution in [0.2, 0.25) is 0 Å². The monoisotopic (exact) mass is 232 g/mol. The molecule has 0 amide bonds. The third-order valence-electron chi connectivity index (χ3n) is 3.09. The van der Waals surface area contributed by atoms with Gasteiger partial charge in [0, 0.05) is 6.20 Å². The highest BCUT2D eigenvalue weighted by Gasteiger charge is 2.24. The van der Waals surface area contributed by atoms with Gasteiger partial charge >= 0.3 is 0 Å². The highest BCUT2D eigenvalue weighted by atomic mass is 32.2. The van der Waals surface area contributed by atoms with E-state index in [1.54, 1.807) is 18.0 Å². The summed E-state index contributed by atoms with van der Waals surface area (Å²) in [6.07, 6.45) is 8.11. The number of thioether (sulfide) groups is 1. The Morgan fingerprint density at radius 3 is 2.75 bits per heavy atom. The van der Waals surface area contributed by atoms with E-state index >= 15 is 0 Å². The van der Waals surface area contributed by atoms with Crippen LogP contribution in [0.25, 0.3) is 0 Å². The first-order valence-electron chi connectivity index (χ1n) is 5.87. The first kappa shape index (κ1) is 11.5. The normalized spacial score (nSPS) is 18.9. The van der Waals surface area contributed by atoms with Gasteiger partial charge in [0.1, 0.15) is 5.25 Å². The van der Waals surface area contributed by atoms with Gasteiger partial charge in [-0.05, 0) is 30.9 Å². The highest BCUT2D eigenvalue weighted by Crippen LogP contribution is 2.34. The van der Waals surface area contributed by atoms with Gasteiger partial charge in [0.15, 0.2) is 0 Å². The zero-order valence-corrected chi connectivity index (χ0v) is 10.1. The smallest absolute Gasteiger partial charge is 0.101 e. The SMILES string of the molecule is N#CC(Sc1ccccn1)C1CCCCC1. The zero-order valence-electron chi connectivity index (χ0n) is 9.30. The van der Waals surface area contributed by atoms with E-state index in [0.29, 0.717) is 5.92 Å². The van der Waals surface area contributed by atoms with Crippen LogP contribution in [0, 0.1) is 17.2 Å². The van der Waals surface area contributed by atoms with Crippen LogP contribution in [-0.4, -0.2) is 10.2 Å². The fourth-order valence-corrected chi connectivity index (χ4v) is 3.27. The maximum atomic E-state index is 9.24. The van der Waals surface area contributed by atoms with Crippen molar-refractivity contribution in [1.82, 2.24) is 4.98 Å². The summed E-state index contributed by atoms with van der Waals surface area (Å²) < 4.78 is 0. The van der Waals surface area contributed by atoms with E-state index in [1.165, 1.54) is 32.1 Å². The third-order valence-corrected chi connectivity index (χ3v) is 4.32. The summed E-state index contributed by atoms with van der Waals surface area (Å²) in [4.78, 5) is 4.27. The Morgan fingerprint density at radius 2 is 2.12 bits per heavy atom. The predicted octanol–water partition coefficient (Wildman–Crippen LogP) is 3.65. The van der Waals surface area contributed by atoms with E-state index in [2.05, 4.69) is 11.1 Å². The summed E-state index contributed by atoms with van der Waals surface area (Å²) in [7, 11) is 0. The van der Waals surface area contributed by atoms with Crippen molar-refractivity contribution >= 4 is 11.8 Å². The van der Waals surface area contributed by atoms with Crippen molar-refractivity contribution in [2.24, 2.45) is 5.92 Å². The van der Waals surface area contributed by atoms with E-state index < -0.39 is 0 Å². The highest BCUT2D eigenvalue weighted by molar-refractivity contribution is 8.00. The van der Waals surface area contributed by atoms with Crippen molar-refractivity contribution in [3.63, 3.8) is 0 Å². The molecule has 1 aliphatic carbocycles. The Labute approximate surface area is 101 Å². The van der Waals surface area contributed by atoms with E-state index in [1.807, 2.05) is 18.2 Å². The maximum Gasteiger partial charge on any atom is 0.101 e. The molecular formula is C13H16N2S. The lowest BCUT2D eigenvalue weighted by Gasteiger charge is -2.24. The van der Waals surface area contributed by atoms with Crippen molar-refractivity contribution in [3.8, 4) is 6.07 Å². The summed E-state index contributed by atoms with van der Waals surface area (Å²) in [5, 5.41) is 10.3. The Bertz CT molecular complexity index is 352.